The van der Waals surface area contributed by atoms with Crippen molar-refractivity contribution < 1.29 is 13.5 Å². The Morgan fingerprint density at radius 3 is 2.59 bits per heavy atom. The summed E-state index contributed by atoms with van der Waals surface area (Å²) in [5.74, 6) is -0.0449. The van der Waals surface area contributed by atoms with E-state index in [4.69, 9.17) is 0 Å². The van der Waals surface area contributed by atoms with Gasteiger partial charge in [0.2, 0.25) is 10.0 Å². The van der Waals surface area contributed by atoms with Crippen LogP contribution in [0.15, 0.2) is 40.8 Å². The van der Waals surface area contributed by atoms with Gasteiger partial charge in [-0.15, -0.1) is 0 Å². The molecule has 3 rings (SSSR count). The van der Waals surface area contributed by atoms with Crippen LogP contribution in [0.2, 0.25) is 0 Å². The first-order valence-electron chi connectivity index (χ1n) is 7.92. The van der Waals surface area contributed by atoms with Crippen LogP contribution in [0.25, 0.3) is 0 Å². The molecule has 1 aliphatic carbocycles. The van der Waals surface area contributed by atoms with Gasteiger partial charge < -0.3 is 5.11 Å². The molecule has 1 aromatic rings. The van der Waals surface area contributed by atoms with E-state index in [1.165, 1.54) is 9.88 Å². The van der Waals surface area contributed by atoms with Gasteiger partial charge in [-0.2, -0.15) is 4.31 Å². The lowest BCUT2D eigenvalue weighted by Gasteiger charge is -2.36. The predicted molar refractivity (Wildman–Crippen MR) is 86.0 cm³/mol. The van der Waals surface area contributed by atoms with Crippen molar-refractivity contribution in [1.29, 1.82) is 0 Å². The van der Waals surface area contributed by atoms with E-state index in [9.17, 15) is 13.5 Å². The number of benzene rings is 1. The molecule has 0 amide bonds. The largest absolute Gasteiger partial charge is 0.392 e. The van der Waals surface area contributed by atoms with Crippen LogP contribution in [0.5, 0.6) is 0 Å². The molecule has 4 nitrogen and oxygen atoms in total. The van der Waals surface area contributed by atoms with E-state index in [-0.39, 0.29) is 5.92 Å². The third kappa shape index (κ3) is 2.98. The molecule has 1 fully saturated rings. The van der Waals surface area contributed by atoms with E-state index in [2.05, 4.69) is 6.08 Å². The highest BCUT2D eigenvalue weighted by Gasteiger charge is 2.36. The molecule has 1 aromatic carbocycles. The zero-order valence-corrected chi connectivity index (χ0v) is 13.7. The third-order valence-corrected chi connectivity index (χ3v) is 6.63. The van der Waals surface area contributed by atoms with E-state index < -0.39 is 16.1 Å². The third-order valence-electron chi connectivity index (χ3n) is 4.75. The minimum absolute atomic E-state index is 0.0449. The van der Waals surface area contributed by atoms with Crippen LogP contribution in [0.1, 0.15) is 31.2 Å². The number of aliphatic hydroxyl groups is 1. The average molecular weight is 321 g/mol. The number of hydrogen-bond acceptors (Lipinski definition) is 3. The average Bonchev–Trinajstić information content (AvgIpc) is 3.02. The summed E-state index contributed by atoms with van der Waals surface area (Å²) in [4.78, 5) is 0.341. The lowest BCUT2D eigenvalue weighted by atomic mass is 9.88. The maximum atomic E-state index is 12.8. The van der Waals surface area contributed by atoms with Gasteiger partial charge in [-0.3, -0.25) is 0 Å². The van der Waals surface area contributed by atoms with Crippen molar-refractivity contribution in [3.8, 4) is 0 Å². The van der Waals surface area contributed by atoms with E-state index in [1.54, 1.807) is 12.1 Å². The van der Waals surface area contributed by atoms with Crippen LogP contribution in [0.4, 0.5) is 0 Å². The van der Waals surface area contributed by atoms with E-state index in [0.717, 1.165) is 24.8 Å². The van der Waals surface area contributed by atoms with Gasteiger partial charge >= 0.3 is 0 Å². The summed E-state index contributed by atoms with van der Waals surface area (Å²) < 4.78 is 27.1. The van der Waals surface area contributed by atoms with Gasteiger partial charge in [-0.25, -0.2) is 8.42 Å². The summed E-state index contributed by atoms with van der Waals surface area (Å²) in [6.07, 6.45) is 5.41. The van der Waals surface area contributed by atoms with E-state index >= 15 is 0 Å². The smallest absolute Gasteiger partial charge is 0.243 e. The number of piperidine rings is 1. The fraction of sp³-hybridized carbons (Fsp3) is 0.529. The number of allylic oxidation sites excluding steroid dienone is 1. The van der Waals surface area contributed by atoms with Crippen LogP contribution in [0.3, 0.4) is 0 Å². The molecule has 120 valence electrons. The molecule has 0 spiro atoms. The monoisotopic (exact) mass is 321 g/mol. The van der Waals surface area contributed by atoms with Crippen molar-refractivity contribution in [3.63, 3.8) is 0 Å². The number of sulfonamides is 1. The van der Waals surface area contributed by atoms with Crippen LogP contribution >= 0.6 is 0 Å². The molecule has 1 N–H and O–H groups in total. The lowest BCUT2D eigenvalue weighted by molar-refractivity contribution is 0.0697. The van der Waals surface area contributed by atoms with Gasteiger partial charge in [0, 0.05) is 19.0 Å². The SMILES string of the molecule is Cc1ccc(S(=O)(=O)N2CC[C@H](O)[C@H](C3=CCCC3)C2)cc1. The molecule has 0 unspecified atom stereocenters. The highest BCUT2D eigenvalue weighted by atomic mass is 32.2. The Balaban J connectivity index is 1.83. The molecule has 2 atom stereocenters. The lowest BCUT2D eigenvalue weighted by Crippen LogP contribution is -2.46. The maximum absolute atomic E-state index is 12.8. The minimum Gasteiger partial charge on any atom is -0.392 e. The molecule has 1 heterocycles. The van der Waals surface area contributed by atoms with Crippen molar-refractivity contribution in [2.45, 2.75) is 43.6 Å². The van der Waals surface area contributed by atoms with Gasteiger partial charge in [-0.1, -0.05) is 29.3 Å². The Kier molecular flexibility index (Phi) is 4.39. The second kappa shape index (κ2) is 6.14. The number of nitrogens with zero attached hydrogens (tertiary/aromatic N) is 1. The first-order chi connectivity index (χ1) is 10.5. The quantitative estimate of drug-likeness (QED) is 0.870. The first-order valence-corrected chi connectivity index (χ1v) is 9.36. The minimum atomic E-state index is -3.47. The fourth-order valence-corrected chi connectivity index (χ4v) is 4.87. The van der Waals surface area contributed by atoms with Crippen LogP contribution < -0.4 is 0 Å². The Labute approximate surface area is 132 Å². The second-order valence-corrected chi connectivity index (χ2v) is 8.25. The van der Waals surface area contributed by atoms with Crippen molar-refractivity contribution in [1.82, 2.24) is 4.31 Å². The zero-order chi connectivity index (χ0) is 15.7. The van der Waals surface area contributed by atoms with Crippen molar-refractivity contribution >= 4 is 10.0 Å². The summed E-state index contributed by atoms with van der Waals surface area (Å²) in [7, 11) is -3.47. The molecule has 0 radical (unpaired) electrons. The molecule has 1 aliphatic heterocycles. The zero-order valence-electron chi connectivity index (χ0n) is 12.9. The van der Waals surface area contributed by atoms with Gasteiger partial charge in [0.05, 0.1) is 11.0 Å². The highest BCUT2D eigenvalue weighted by Crippen LogP contribution is 2.33. The van der Waals surface area contributed by atoms with Crippen molar-refractivity contribution in [2.24, 2.45) is 5.92 Å². The Bertz CT molecular complexity index is 664. The second-order valence-electron chi connectivity index (χ2n) is 6.31. The fourth-order valence-electron chi connectivity index (χ4n) is 3.38. The molecule has 0 aromatic heterocycles. The van der Waals surface area contributed by atoms with Crippen molar-refractivity contribution in [3.05, 3.63) is 41.5 Å². The molecule has 0 bridgehead atoms. The number of aryl methyl sites for hydroxylation is 1. The van der Waals surface area contributed by atoms with E-state index in [0.29, 0.717) is 24.4 Å². The Hall–Kier alpha value is -1.17. The number of aliphatic hydroxyl groups excluding tert-OH is 1. The molecule has 2 aliphatic rings. The predicted octanol–water partition coefficient (Wildman–Crippen LogP) is 2.48. The summed E-state index contributed by atoms with van der Waals surface area (Å²) in [6, 6.07) is 6.98. The summed E-state index contributed by atoms with van der Waals surface area (Å²) in [5, 5.41) is 10.3. The summed E-state index contributed by atoms with van der Waals surface area (Å²) in [5.41, 5.74) is 2.28. The van der Waals surface area contributed by atoms with Crippen LogP contribution in [-0.4, -0.2) is 37.0 Å². The van der Waals surface area contributed by atoms with Gasteiger partial charge in [0.1, 0.15) is 0 Å². The molecule has 0 saturated carbocycles. The maximum Gasteiger partial charge on any atom is 0.243 e. The van der Waals surface area contributed by atoms with Crippen LogP contribution in [-0.2, 0) is 10.0 Å². The normalized spacial score (nSPS) is 26.9. The molecular weight excluding hydrogens is 298 g/mol. The summed E-state index contributed by atoms with van der Waals surface area (Å²) in [6.45, 7) is 2.72. The topological polar surface area (TPSA) is 57.6 Å². The molecule has 22 heavy (non-hydrogen) atoms. The Morgan fingerprint density at radius 1 is 1.23 bits per heavy atom. The molecule has 5 heteroatoms. The number of hydrogen-bond donors (Lipinski definition) is 1. The molecular formula is C17H23NO3S. The van der Waals surface area contributed by atoms with Gasteiger partial charge in [0.25, 0.3) is 0 Å². The molecule has 1 saturated heterocycles. The van der Waals surface area contributed by atoms with E-state index in [1.807, 2.05) is 19.1 Å². The number of rotatable bonds is 3. The summed E-state index contributed by atoms with van der Waals surface area (Å²) >= 11 is 0. The Morgan fingerprint density at radius 2 is 1.95 bits per heavy atom. The van der Waals surface area contributed by atoms with Crippen molar-refractivity contribution in [2.75, 3.05) is 13.1 Å². The highest BCUT2D eigenvalue weighted by molar-refractivity contribution is 7.89. The standard InChI is InChI=1S/C17H23NO3S/c1-13-6-8-15(9-7-13)22(20,21)18-11-10-17(19)16(12-18)14-4-2-3-5-14/h4,6-9,16-17,19H,2-3,5,10-12H2,1H3/t16-,17-/m0/s1. The van der Waals surface area contributed by atoms with Crippen LogP contribution in [0, 0.1) is 12.8 Å². The van der Waals surface area contributed by atoms with Gasteiger partial charge in [0.15, 0.2) is 0 Å². The first kappa shape index (κ1) is 15.7. The van der Waals surface area contributed by atoms with Gasteiger partial charge in [-0.05, 0) is 44.7 Å².